The molecule has 1 amide bonds. The number of nitrogens with two attached hydrogens (primary N) is 1. The van der Waals surface area contributed by atoms with E-state index < -0.39 is 0 Å². The summed E-state index contributed by atoms with van der Waals surface area (Å²) in [6.07, 6.45) is 7.87. The van der Waals surface area contributed by atoms with Crippen molar-refractivity contribution in [1.29, 1.82) is 0 Å². The molecule has 2 N–H and O–H groups in total. The number of carbonyl (C=O) groups excluding carboxylic acids is 1. The quantitative estimate of drug-likeness (QED) is 0.774. The van der Waals surface area contributed by atoms with Crippen LogP contribution in [0.1, 0.15) is 41.6 Å². The maximum absolute atomic E-state index is 12.4. The molecule has 1 aromatic heterocycles. The molecule has 0 aromatic carbocycles. The maximum Gasteiger partial charge on any atom is 0.255 e. The van der Waals surface area contributed by atoms with Crippen LogP contribution in [0, 0.1) is 11.8 Å². The molecule has 2 heterocycles. The van der Waals surface area contributed by atoms with Crippen molar-refractivity contribution in [3.8, 4) is 11.8 Å². The molecular formula is C15H19N3O. The highest BCUT2D eigenvalue weighted by molar-refractivity contribution is 5.94. The van der Waals surface area contributed by atoms with Crippen LogP contribution in [-0.2, 0) is 0 Å². The topological polar surface area (TPSA) is 59.2 Å². The fraction of sp³-hybridized carbons (Fsp3) is 0.467. The molecule has 0 spiro atoms. The SMILES string of the molecule is NCC#Cc1cncc(C(=O)N2CCCCCC2)c1. The van der Waals surface area contributed by atoms with E-state index in [2.05, 4.69) is 16.8 Å². The highest BCUT2D eigenvalue weighted by atomic mass is 16.2. The number of pyridine rings is 1. The van der Waals surface area contributed by atoms with E-state index in [0.717, 1.165) is 31.5 Å². The molecule has 1 saturated heterocycles. The zero-order chi connectivity index (χ0) is 13.5. The molecule has 0 atom stereocenters. The Hall–Kier alpha value is -1.86. The van der Waals surface area contributed by atoms with Gasteiger partial charge in [-0.15, -0.1) is 0 Å². The average Bonchev–Trinajstić information content (AvgIpc) is 2.73. The molecule has 1 fully saturated rings. The van der Waals surface area contributed by atoms with E-state index in [1.807, 2.05) is 4.90 Å². The Kier molecular flexibility index (Phi) is 4.93. The average molecular weight is 257 g/mol. The van der Waals surface area contributed by atoms with Crippen molar-refractivity contribution >= 4 is 5.91 Å². The Labute approximate surface area is 114 Å². The second-order valence-corrected chi connectivity index (χ2v) is 4.67. The molecule has 100 valence electrons. The summed E-state index contributed by atoms with van der Waals surface area (Å²) >= 11 is 0. The summed E-state index contributed by atoms with van der Waals surface area (Å²) < 4.78 is 0. The van der Waals surface area contributed by atoms with E-state index in [4.69, 9.17) is 5.73 Å². The van der Waals surface area contributed by atoms with E-state index >= 15 is 0 Å². The predicted molar refractivity (Wildman–Crippen MR) is 74.5 cm³/mol. The van der Waals surface area contributed by atoms with Crippen LogP contribution in [0.5, 0.6) is 0 Å². The van der Waals surface area contributed by atoms with Crippen molar-refractivity contribution in [1.82, 2.24) is 9.88 Å². The summed E-state index contributed by atoms with van der Waals surface area (Å²) in [4.78, 5) is 18.4. The van der Waals surface area contributed by atoms with Crippen molar-refractivity contribution in [2.75, 3.05) is 19.6 Å². The third-order valence-corrected chi connectivity index (χ3v) is 3.21. The van der Waals surface area contributed by atoms with Gasteiger partial charge in [-0.1, -0.05) is 24.7 Å². The lowest BCUT2D eigenvalue weighted by molar-refractivity contribution is 0.0761. The number of amides is 1. The molecule has 4 heteroatoms. The number of hydrogen-bond donors (Lipinski definition) is 1. The number of hydrogen-bond acceptors (Lipinski definition) is 3. The van der Waals surface area contributed by atoms with Crippen molar-refractivity contribution in [2.24, 2.45) is 5.73 Å². The van der Waals surface area contributed by atoms with E-state index in [9.17, 15) is 4.79 Å². The largest absolute Gasteiger partial charge is 0.339 e. The molecule has 0 aliphatic carbocycles. The van der Waals surface area contributed by atoms with Crippen LogP contribution in [0.3, 0.4) is 0 Å². The first-order valence-corrected chi connectivity index (χ1v) is 6.74. The van der Waals surface area contributed by atoms with Crippen molar-refractivity contribution in [3.05, 3.63) is 29.6 Å². The van der Waals surface area contributed by atoms with Crippen molar-refractivity contribution in [2.45, 2.75) is 25.7 Å². The number of rotatable bonds is 1. The smallest absolute Gasteiger partial charge is 0.255 e. The number of nitrogens with zero attached hydrogens (tertiary/aromatic N) is 2. The first-order valence-electron chi connectivity index (χ1n) is 6.74. The molecule has 4 nitrogen and oxygen atoms in total. The zero-order valence-electron chi connectivity index (χ0n) is 11.1. The monoisotopic (exact) mass is 257 g/mol. The second-order valence-electron chi connectivity index (χ2n) is 4.67. The van der Waals surface area contributed by atoms with Crippen LogP contribution in [0.2, 0.25) is 0 Å². The minimum atomic E-state index is 0.0609. The normalized spacial score (nSPS) is 15.3. The number of likely N-dealkylation sites (tertiary alicyclic amines) is 1. The van der Waals surface area contributed by atoms with Crippen molar-refractivity contribution in [3.63, 3.8) is 0 Å². The molecule has 2 rings (SSSR count). The lowest BCUT2D eigenvalue weighted by atomic mass is 10.2. The summed E-state index contributed by atoms with van der Waals surface area (Å²) in [6.45, 7) is 2.00. The minimum absolute atomic E-state index is 0.0609. The van der Waals surface area contributed by atoms with E-state index in [1.54, 1.807) is 18.5 Å². The Morgan fingerprint density at radius 3 is 2.68 bits per heavy atom. The van der Waals surface area contributed by atoms with Gasteiger partial charge in [0, 0.05) is 31.0 Å². The van der Waals surface area contributed by atoms with Crippen molar-refractivity contribution < 1.29 is 4.79 Å². The Balaban J connectivity index is 2.13. The highest BCUT2D eigenvalue weighted by Crippen LogP contribution is 2.13. The third kappa shape index (κ3) is 3.80. The molecule has 0 saturated carbocycles. The van der Waals surface area contributed by atoms with Crippen LogP contribution < -0.4 is 5.73 Å². The van der Waals surface area contributed by atoms with Gasteiger partial charge in [-0.05, 0) is 18.9 Å². The summed E-state index contributed by atoms with van der Waals surface area (Å²) in [6, 6.07) is 1.79. The van der Waals surface area contributed by atoms with Crippen LogP contribution in [0.25, 0.3) is 0 Å². The molecule has 0 radical (unpaired) electrons. The van der Waals surface area contributed by atoms with Gasteiger partial charge in [0.25, 0.3) is 5.91 Å². The lowest BCUT2D eigenvalue weighted by Gasteiger charge is -2.20. The molecule has 19 heavy (non-hydrogen) atoms. The Morgan fingerprint density at radius 1 is 1.26 bits per heavy atom. The summed E-state index contributed by atoms with van der Waals surface area (Å²) in [5.41, 5.74) is 6.70. The van der Waals surface area contributed by atoms with Crippen LogP contribution in [-0.4, -0.2) is 35.4 Å². The van der Waals surface area contributed by atoms with Gasteiger partial charge < -0.3 is 10.6 Å². The van der Waals surface area contributed by atoms with Gasteiger partial charge >= 0.3 is 0 Å². The third-order valence-electron chi connectivity index (χ3n) is 3.21. The number of aromatic nitrogens is 1. The molecule has 1 aliphatic rings. The van der Waals surface area contributed by atoms with Gasteiger partial charge in [0.1, 0.15) is 0 Å². The molecule has 1 aliphatic heterocycles. The van der Waals surface area contributed by atoms with Crippen LogP contribution in [0.15, 0.2) is 18.5 Å². The molecule has 1 aromatic rings. The predicted octanol–water partition coefficient (Wildman–Crippen LogP) is 1.41. The van der Waals surface area contributed by atoms with Crippen LogP contribution >= 0.6 is 0 Å². The fourth-order valence-electron chi connectivity index (χ4n) is 2.23. The van der Waals surface area contributed by atoms with Gasteiger partial charge in [0.15, 0.2) is 0 Å². The second kappa shape index (κ2) is 6.91. The number of carbonyl (C=O) groups is 1. The first-order chi connectivity index (χ1) is 9.31. The van der Waals surface area contributed by atoms with Crippen LogP contribution in [0.4, 0.5) is 0 Å². The first kappa shape index (κ1) is 13.6. The van der Waals surface area contributed by atoms with Gasteiger partial charge in [-0.25, -0.2) is 0 Å². The highest BCUT2D eigenvalue weighted by Gasteiger charge is 2.17. The van der Waals surface area contributed by atoms with Gasteiger partial charge in [0.2, 0.25) is 0 Å². The summed E-state index contributed by atoms with van der Waals surface area (Å²) in [5.74, 6) is 5.74. The van der Waals surface area contributed by atoms with E-state index in [0.29, 0.717) is 12.1 Å². The molecule has 0 unspecified atom stereocenters. The fourth-order valence-corrected chi connectivity index (χ4v) is 2.23. The van der Waals surface area contributed by atoms with E-state index in [1.165, 1.54) is 12.8 Å². The van der Waals surface area contributed by atoms with Gasteiger partial charge in [-0.3, -0.25) is 9.78 Å². The summed E-state index contributed by atoms with van der Waals surface area (Å²) in [5, 5.41) is 0. The zero-order valence-corrected chi connectivity index (χ0v) is 11.1. The minimum Gasteiger partial charge on any atom is -0.339 e. The summed E-state index contributed by atoms with van der Waals surface area (Å²) in [7, 11) is 0. The standard InChI is InChI=1S/C15H19N3O/c16-7-5-6-13-10-14(12-17-11-13)15(19)18-8-3-1-2-4-9-18/h10-12H,1-4,7-9,16H2. The molecular weight excluding hydrogens is 238 g/mol. The van der Waals surface area contributed by atoms with Gasteiger partial charge in [-0.2, -0.15) is 0 Å². The van der Waals surface area contributed by atoms with E-state index in [-0.39, 0.29) is 5.91 Å². The Bertz CT molecular complexity index is 494. The van der Waals surface area contributed by atoms with Gasteiger partial charge in [0.05, 0.1) is 12.1 Å². The molecule has 0 bridgehead atoms. The lowest BCUT2D eigenvalue weighted by Crippen LogP contribution is -2.31. The maximum atomic E-state index is 12.4. The Morgan fingerprint density at radius 2 is 2.00 bits per heavy atom.